The van der Waals surface area contributed by atoms with Crippen molar-refractivity contribution in [3.8, 4) is 0 Å². The van der Waals surface area contributed by atoms with Gasteiger partial charge in [-0.2, -0.15) is 8.78 Å². The van der Waals surface area contributed by atoms with Crippen molar-refractivity contribution in [3.05, 3.63) is 0 Å². The fourth-order valence-corrected chi connectivity index (χ4v) is 0.621. The Kier molecular flexibility index (Phi) is 1.18. The maximum atomic E-state index is 12.1. The van der Waals surface area contributed by atoms with E-state index in [1.807, 2.05) is 0 Å². The first kappa shape index (κ1) is 6.45. The second-order valence-electron chi connectivity index (χ2n) is 2.20. The Labute approximate surface area is 50.5 Å². The van der Waals surface area contributed by atoms with Gasteiger partial charge in [-0.05, 0) is 12.8 Å². The highest BCUT2D eigenvalue weighted by Gasteiger charge is 2.53. The number of carboxylic acid groups (broad SMARTS) is 1. The molecule has 1 fully saturated rings. The van der Waals surface area contributed by atoms with E-state index >= 15 is 0 Å². The largest absolute Gasteiger partial charge is 0.477 e. The Morgan fingerprint density at radius 2 is 2.00 bits per heavy atom. The zero-order valence-corrected chi connectivity index (χ0v) is 4.60. The number of hydrogen-bond donors (Lipinski definition) is 1. The molecule has 1 rings (SSSR count). The molecule has 0 atom stereocenters. The van der Waals surface area contributed by atoms with Gasteiger partial charge >= 0.3 is 11.9 Å². The van der Waals surface area contributed by atoms with Gasteiger partial charge in [0.25, 0.3) is 0 Å². The molecule has 0 radical (unpaired) electrons. The molecule has 1 saturated carbocycles. The number of alkyl halides is 2. The first-order chi connectivity index (χ1) is 4.05. The van der Waals surface area contributed by atoms with Crippen LogP contribution in [0.25, 0.3) is 0 Å². The fourth-order valence-electron chi connectivity index (χ4n) is 0.621. The predicted molar refractivity (Wildman–Crippen MR) is 25.3 cm³/mol. The monoisotopic (exact) mass is 136 g/mol. The summed E-state index contributed by atoms with van der Waals surface area (Å²) in [6, 6.07) is 0. The molecule has 2 nitrogen and oxygen atoms in total. The third kappa shape index (κ3) is 1.01. The van der Waals surface area contributed by atoms with E-state index in [1.54, 1.807) is 0 Å². The smallest absolute Gasteiger partial charge is 0.374 e. The Hall–Kier alpha value is -0.670. The number of carbonyl (C=O) groups is 1. The highest BCUT2D eigenvalue weighted by Crippen LogP contribution is 2.43. The Morgan fingerprint density at radius 1 is 1.56 bits per heavy atom. The molecule has 1 aliphatic carbocycles. The molecule has 0 amide bonds. The number of halogens is 2. The van der Waals surface area contributed by atoms with Crippen molar-refractivity contribution in [2.45, 2.75) is 18.8 Å². The summed E-state index contributed by atoms with van der Waals surface area (Å²) in [4.78, 5) is 9.75. The summed E-state index contributed by atoms with van der Waals surface area (Å²) in [5, 5.41) is 7.90. The average Bonchev–Trinajstić information content (AvgIpc) is 2.42. The van der Waals surface area contributed by atoms with Crippen LogP contribution in [0.4, 0.5) is 8.78 Å². The molecule has 0 aliphatic heterocycles. The number of rotatable bonds is 2. The minimum atomic E-state index is -3.47. The summed E-state index contributed by atoms with van der Waals surface area (Å²) in [6.07, 6.45) is 0.693. The second kappa shape index (κ2) is 1.65. The lowest BCUT2D eigenvalue weighted by Gasteiger charge is -2.07. The predicted octanol–water partition coefficient (Wildman–Crippen LogP) is 1.12. The van der Waals surface area contributed by atoms with Gasteiger partial charge < -0.3 is 5.11 Å². The normalized spacial score (nSPS) is 19.8. The lowest BCUT2D eigenvalue weighted by atomic mass is 10.2. The van der Waals surface area contributed by atoms with E-state index in [0.29, 0.717) is 12.8 Å². The van der Waals surface area contributed by atoms with Gasteiger partial charge in [-0.15, -0.1) is 0 Å². The van der Waals surface area contributed by atoms with Gasteiger partial charge in [-0.1, -0.05) is 0 Å². The zero-order chi connectivity index (χ0) is 7.07. The van der Waals surface area contributed by atoms with E-state index in [0.717, 1.165) is 0 Å². The topological polar surface area (TPSA) is 37.3 Å². The molecule has 1 N–H and O–H groups in total. The molecule has 1 aliphatic rings. The SMILES string of the molecule is O=C(O)C(F)(F)C1CC1. The first-order valence-corrected chi connectivity index (χ1v) is 2.66. The zero-order valence-electron chi connectivity index (χ0n) is 4.60. The molecule has 9 heavy (non-hydrogen) atoms. The van der Waals surface area contributed by atoms with Gasteiger partial charge in [0.2, 0.25) is 0 Å². The van der Waals surface area contributed by atoms with Crippen LogP contribution in [0.2, 0.25) is 0 Å². The van der Waals surface area contributed by atoms with Crippen molar-refractivity contribution in [3.63, 3.8) is 0 Å². The molecule has 0 unspecified atom stereocenters. The molecule has 0 bridgehead atoms. The molecule has 0 saturated heterocycles. The molecular weight excluding hydrogens is 130 g/mol. The van der Waals surface area contributed by atoms with Crippen molar-refractivity contribution < 1.29 is 18.7 Å². The maximum Gasteiger partial charge on any atom is 0.374 e. The third-order valence-electron chi connectivity index (χ3n) is 1.38. The van der Waals surface area contributed by atoms with Crippen LogP contribution in [-0.4, -0.2) is 17.0 Å². The minimum absolute atomic E-state index is 0.347. The lowest BCUT2D eigenvalue weighted by Crippen LogP contribution is -2.30. The van der Waals surface area contributed by atoms with Gasteiger partial charge in [0.05, 0.1) is 0 Å². The maximum absolute atomic E-state index is 12.1. The molecule has 0 heterocycles. The quantitative estimate of drug-likeness (QED) is 0.617. The van der Waals surface area contributed by atoms with E-state index in [2.05, 4.69) is 0 Å². The molecule has 0 spiro atoms. The molecule has 0 aromatic rings. The summed E-state index contributed by atoms with van der Waals surface area (Å²) in [7, 11) is 0. The van der Waals surface area contributed by atoms with E-state index in [9.17, 15) is 13.6 Å². The van der Waals surface area contributed by atoms with Crippen LogP contribution in [0, 0.1) is 5.92 Å². The Balaban J connectivity index is 2.59. The molecule has 0 aromatic carbocycles. The molecule has 4 heteroatoms. The summed E-state index contributed by atoms with van der Waals surface area (Å²) in [6.45, 7) is 0. The van der Waals surface area contributed by atoms with E-state index < -0.39 is 17.8 Å². The highest BCUT2D eigenvalue weighted by molar-refractivity contribution is 5.76. The van der Waals surface area contributed by atoms with Crippen LogP contribution in [0.5, 0.6) is 0 Å². The van der Waals surface area contributed by atoms with Crippen molar-refractivity contribution in [2.24, 2.45) is 5.92 Å². The summed E-state index contributed by atoms with van der Waals surface area (Å²) >= 11 is 0. The molecular formula is C5H6F2O2. The van der Waals surface area contributed by atoms with Gasteiger partial charge in [0, 0.05) is 5.92 Å². The second-order valence-corrected chi connectivity index (χ2v) is 2.20. The van der Waals surface area contributed by atoms with Gasteiger partial charge in [-0.3, -0.25) is 0 Å². The average molecular weight is 136 g/mol. The van der Waals surface area contributed by atoms with Crippen LogP contribution in [0.15, 0.2) is 0 Å². The molecule has 0 aromatic heterocycles. The van der Waals surface area contributed by atoms with Gasteiger partial charge in [0.1, 0.15) is 0 Å². The van der Waals surface area contributed by atoms with Crippen molar-refractivity contribution >= 4 is 5.97 Å². The summed E-state index contributed by atoms with van der Waals surface area (Å²) in [5.41, 5.74) is 0. The van der Waals surface area contributed by atoms with Crippen molar-refractivity contribution in [1.29, 1.82) is 0 Å². The van der Waals surface area contributed by atoms with Crippen LogP contribution >= 0.6 is 0 Å². The van der Waals surface area contributed by atoms with E-state index in [1.165, 1.54) is 0 Å². The van der Waals surface area contributed by atoms with Gasteiger partial charge in [0.15, 0.2) is 0 Å². The van der Waals surface area contributed by atoms with Crippen LogP contribution < -0.4 is 0 Å². The third-order valence-corrected chi connectivity index (χ3v) is 1.38. The van der Waals surface area contributed by atoms with E-state index in [4.69, 9.17) is 5.11 Å². The van der Waals surface area contributed by atoms with Crippen LogP contribution in [0.3, 0.4) is 0 Å². The summed E-state index contributed by atoms with van der Waals surface area (Å²) in [5.74, 6) is -6.36. The Bertz CT molecular complexity index is 140. The number of carboxylic acids is 1. The van der Waals surface area contributed by atoms with Crippen LogP contribution in [0.1, 0.15) is 12.8 Å². The van der Waals surface area contributed by atoms with Crippen molar-refractivity contribution in [1.82, 2.24) is 0 Å². The molecule has 52 valence electrons. The van der Waals surface area contributed by atoms with Gasteiger partial charge in [-0.25, -0.2) is 4.79 Å². The Morgan fingerprint density at radius 3 is 2.11 bits per heavy atom. The summed E-state index contributed by atoms with van der Waals surface area (Å²) < 4.78 is 24.3. The van der Waals surface area contributed by atoms with Crippen LogP contribution in [-0.2, 0) is 4.79 Å². The lowest BCUT2D eigenvalue weighted by molar-refractivity contribution is -0.167. The van der Waals surface area contributed by atoms with Crippen molar-refractivity contribution in [2.75, 3.05) is 0 Å². The first-order valence-electron chi connectivity index (χ1n) is 2.66. The number of aliphatic carboxylic acids is 1. The number of hydrogen-bond acceptors (Lipinski definition) is 1. The highest BCUT2D eigenvalue weighted by atomic mass is 19.3. The van der Waals surface area contributed by atoms with E-state index in [-0.39, 0.29) is 0 Å². The fraction of sp³-hybridized carbons (Fsp3) is 0.800. The standard InChI is InChI=1S/C5H6F2O2/c6-5(7,4(8)9)3-1-2-3/h3H,1-2H2,(H,8,9). The minimum Gasteiger partial charge on any atom is -0.477 e.